The minimum atomic E-state index is -0.111. The molecule has 0 aliphatic carbocycles. The fourth-order valence-electron chi connectivity index (χ4n) is 3.13. The third kappa shape index (κ3) is 4.55. The standard InChI is InChI=1S/C20H25FN2/c21-20-7-3-2-6-18(20)12-13-22-16-17-8-10-19(11-9-17)23-14-4-1-5-15-23/h2-3,6-11,22H,1,4-5,12-16H2. The first-order valence-electron chi connectivity index (χ1n) is 8.61. The van der Waals surface area contributed by atoms with Crippen LogP contribution in [0.3, 0.4) is 0 Å². The van der Waals surface area contributed by atoms with Gasteiger partial charge >= 0.3 is 0 Å². The number of hydrogen-bond donors (Lipinski definition) is 1. The van der Waals surface area contributed by atoms with Gasteiger partial charge in [0, 0.05) is 25.3 Å². The Bertz CT molecular complexity index is 603. The van der Waals surface area contributed by atoms with E-state index in [0.717, 1.165) is 25.1 Å². The Morgan fingerprint density at radius 2 is 1.65 bits per heavy atom. The van der Waals surface area contributed by atoms with Gasteiger partial charge in [-0.25, -0.2) is 4.39 Å². The zero-order valence-electron chi connectivity index (χ0n) is 13.6. The number of piperidine rings is 1. The second-order valence-corrected chi connectivity index (χ2v) is 6.23. The molecule has 0 saturated carbocycles. The van der Waals surface area contributed by atoms with Gasteiger partial charge in [-0.05, 0) is 61.6 Å². The molecule has 1 aliphatic rings. The Kier molecular flexibility index (Phi) is 5.65. The van der Waals surface area contributed by atoms with E-state index < -0.39 is 0 Å². The summed E-state index contributed by atoms with van der Waals surface area (Å²) in [6.45, 7) is 3.98. The zero-order valence-corrected chi connectivity index (χ0v) is 13.6. The monoisotopic (exact) mass is 312 g/mol. The highest BCUT2D eigenvalue weighted by Gasteiger charge is 2.10. The molecule has 0 amide bonds. The smallest absolute Gasteiger partial charge is 0.126 e. The van der Waals surface area contributed by atoms with Crippen LogP contribution >= 0.6 is 0 Å². The quantitative estimate of drug-likeness (QED) is 0.806. The molecule has 1 saturated heterocycles. The van der Waals surface area contributed by atoms with Crippen molar-refractivity contribution in [2.75, 3.05) is 24.5 Å². The average Bonchev–Trinajstić information content (AvgIpc) is 2.61. The Hall–Kier alpha value is -1.87. The van der Waals surface area contributed by atoms with Crippen LogP contribution in [0.4, 0.5) is 10.1 Å². The summed E-state index contributed by atoms with van der Waals surface area (Å²) in [4.78, 5) is 2.47. The summed E-state index contributed by atoms with van der Waals surface area (Å²) in [7, 11) is 0. The van der Waals surface area contributed by atoms with E-state index in [1.165, 1.54) is 49.7 Å². The van der Waals surface area contributed by atoms with Crippen LogP contribution in [-0.4, -0.2) is 19.6 Å². The topological polar surface area (TPSA) is 15.3 Å². The van der Waals surface area contributed by atoms with Gasteiger partial charge in [-0.3, -0.25) is 0 Å². The minimum Gasteiger partial charge on any atom is -0.372 e. The van der Waals surface area contributed by atoms with E-state index in [4.69, 9.17) is 0 Å². The molecule has 1 fully saturated rings. The maximum Gasteiger partial charge on any atom is 0.126 e. The summed E-state index contributed by atoms with van der Waals surface area (Å²) >= 11 is 0. The molecule has 3 heteroatoms. The molecule has 0 bridgehead atoms. The van der Waals surface area contributed by atoms with Crippen molar-refractivity contribution in [2.45, 2.75) is 32.2 Å². The van der Waals surface area contributed by atoms with Gasteiger partial charge in [-0.1, -0.05) is 30.3 Å². The summed E-state index contributed by atoms with van der Waals surface area (Å²) < 4.78 is 13.5. The lowest BCUT2D eigenvalue weighted by atomic mass is 10.1. The van der Waals surface area contributed by atoms with Gasteiger partial charge in [-0.15, -0.1) is 0 Å². The van der Waals surface area contributed by atoms with Crippen LogP contribution in [0.5, 0.6) is 0 Å². The second kappa shape index (κ2) is 8.11. The number of anilines is 1. The summed E-state index contributed by atoms with van der Waals surface area (Å²) in [5.41, 5.74) is 3.39. The highest BCUT2D eigenvalue weighted by molar-refractivity contribution is 5.47. The first-order valence-corrected chi connectivity index (χ1v) is 8.61. The number of rotatable bonds is 6. The van der Waals surface area contributed by atoms with Gasteiger partial charge in [0.15, 0.2) is 0 Å². The molecule has 2 aromatic carbocycles. The van der Waals surface area contributed by atoms with Crippen molar-refractivity contribution in [3.8, 4) is 0 Å². The molecule has 0 aromatic heterocycles. The van der Waals surface area contributed by atoms with Gasteiger partial charge in [0.25, 0.3) is 0 Å². The number of nitrogens with zero attached hydrogens (tertiary/aromatic N) is 1. The third-order valence-corrected chi connectivity index (χ3v) is 4.52. The first kappa shape index (κ1) is 16.0. The lowest BCUT2D eigenvalue weighted by Gasteiger charge is -2.28. The molecular weight excluding hydrogens is 287 g/mol. The number of nitrogens with one attached hydrogen (secondary N) is 1. The zero-order chi connectivity index (χ0) is 15.9. The van der Waals surface area contributed by atoms with Gasteiger partial charge in [0.05, 0.1) is 0 Å². The van der Waals surface area contributed by atoms with E-state index in [0.29, 0.717) is 0 Å². The minimum absolute atomic E-state index is 0.111. The Morgan fingerprint density at radius 1 is 0.913 bits per heavy atom. The summed E-state index contributed by atoms with van der Waals surface area (Å²) in [6.07, 6.45) is 4.69. The van der Waals surface area contributed by atoms with Crippen LogP contribution in [0, 0.1) is 5.82 Å². The molecule has 0 radical (unpaired) electrons. The van der Waals surface area contributed by atoms with E-state index in [1.807, 2.05) is 12.1 Å². The molecular formula is C20H25FN2. The third-order valence-electron chi connectivity index (χ3n) is 4.52. The van der Waals surface area contributed by atoms with Crippen LogP contribution < -0.4 is 10.2 Å². The van der Waals surface area contributed by atoms with Crippen molar-refractivity contribution in [1.82, 2.24) is 5.32 Å². The van der Waals surface area contributed by atoms with E-state index in [9.17, 15) is 4.39 Å². The van der Waals surface area contributed by atoms with Gasteiger partial charge in [0.1, 0.15) is 5.82 Å². The maximum atomic E-state index is 13.5. The van der Waals surface area contributed by atoms with Crippen LogP contribution in [0.1, 0.15) is 30.4 Å². The largest absolute Gasteiger partial charge is 0.372 e. The molecule has 0 spiro atoms. The second-order valence-electron chi connectivity index (χ2n) is 6.23. The molecule has 122 valence electrons. The fourth-order valence-corrected chi connectivity index (χ4v) is 3.13. The van der Waals surface area contributed by atoms with Crippen LogP contribution in [-0.2, 0) is 13.0 Å². The summed E-state index contributed by atoms with van der Waals surface area (Å²) in [6, 6.07) is 15.8. The lowest BCUT2D eigenvalue weighted by Crippen LogP contribution is -2.29. The molecule has 23 heavy (non-hydrogen) atoms. The summed E-state index contributed by atoms with van der Waals surface area (Å²) in [5.74, 6) is -0.111. The SMILES string of the molecule is Fc1ccccc1CCNCc1ccc(N2CCCCC2)cc1. The van der Waals surface area contributed by atoms with Crippen molar-refractivity contribution in [3.63, 3.8) is 0 Å². The number of hydrogen-bond acceptors (Lipinski definition) is 2. The Labute approximate surface area is 138 Å². The normalized spacial score (nSPS) is 14.9. The molecule has 3 rings (SSSR count). The first-order chi connectivity index (χ1) is 11.3. The summed E-state index contributed by atoms with van der Waals surface area (Å²) in [5, 5.41) is 3.40. The molecule has 0 atom stereocenters. The van der Waals surface area contributed by atoms with Crippen molar-refractivity contribution >= 4 is 5.69 Å². The van der Waals surface area contributed by atoms with E-state index >= 15 is 0 Å². The number of halogens is 1. The van der Waals surface area contributed by atoms with Gasteiger partial charge in [-0.2, -0.15) is 0 Å². The average molecular weight is 312 g/mol. The van der Waals surface area contributed by atoms with Crippen molar-refractivity contribution in [1.29, 1.82) is 0 Å². The molecule has 0 unspecified atom stereocenters. The molecule has 1 heterocycles. The van der Waals surface area contributed by atoms with Gasteiger partial charge < -0.3 is 10.2 Å². The predicted octanol–water partition coefficient (Wildman–Crippen LogP) is 4.15. The maximum absolute atomic E-state index is 13.5. The van der Waals surface area contributed by atoms with Crippen LogP contribution in [0.15, 0.2) is 48.5 Å². The molecule has 1 N–H and O–H groups in total. The van der Waals surface area contributed by atoms with Crippen molar-refractivity contribution in [2.24, 2.45) is 0 Å². The van der Waals surface area contributed by atoms with Crippen molar-refractivity contribution in [3.05, 3.63) is 65.5 Å². The Balaban J connectivity index is 1.44. The fraction of sp³-hybridized carbons (Fsp3) is 0.400. The molecule has 1 aliphatic heterocycles. The Morgan fingerprint density at radius 3 is 2.39 bits per heavy atom. The highest BCUT2D eigenvalue weighted by Crippen LogP contribution is 2.20. The lowest BCUT2D eigenvalue weighted by molar-refractivity contribution is 0.577. The van der Waals surface area contributed by atoms with Gasteiger partial charge in [0.2, 0.25) is 0 Å². The van der Waals surface area contributed by atoms with E-state index in [-0.39, 0.29) is 5.82 Å². The van der Waals surface area contributed by atoms with Crippen LogP contribution in [0.25, 0.3) is 0 Å². The van der Waals surface area contributed by atoms with Crippen LogP contribution in [0.2, 0.25) is 0 Å². The van der Waals surface area contributed by atoms with E-state index in [2.05, 4.69) is 34.5 Å². The van der Waals surface area contributed by atoms with E-state index in [1.54, 1.807) is 6.07 Å². The predicted molar refractivity (Wildman–Crippen MR) is 94.3 cm³/mol. The molecule has 2 nitrogen and oxygen atoms in total. The highest BCUT2D eigenvalue weighted by atomic mass is 19.1. The molecule has 2 aromatic rings. The number of benzene rings is 2. The van der Waals surface area contributed by atoms with Crippen molar-refractivity contribution < 1.29 is 4.39 Å².